The molecule has 1 atom stereocenters. The summed E-state index contributed by atoms with van der Waals surface area (Å²) in [5, 5.41) is 0. The summed E-state index contributed by atoms with van der Waals surface area (Å²) in [6.07, 6.45) is 6.21. The van der Waals surface area contributed by atoms with Crippen molar-refractivity contribution in [2.45, 2.75) is 18.8 Å². The third kappa shape index (κ3) is 1.84. The molecule has 0 bridgehead atoms. The molecule has 3 rings (SSSR count). The van der Waals surface area contributed by atoms with Gasteiger partial charge in [-0.25, -0.2) is 4.98 Å². The number of rotatable bonds is 3. The highest BCUT2D eigenvalue weighted by atomic mass is 16.1. The monoisotopic (exact) mass is 224 g/mol. The van der Waals surface area contributed by atoms with E-state index < -0.39 is 0 Å². The molecule has 1 aliphatic rings. The third-order valence-corrected chi connectivity index (χ3v) is 3.24. The van der Waals surface area contributed by atoms with Gasteiger partial charge in [0.2, 0.25) is 0 Å². The number of nitrogens with zero attached hydrogens (tertiary/aromatic N) is 2. The average Bonchev–Trinajstić information content (AvgIpc) is 2.37. The number of carbonyl (C=O) groups excluding carboxylic acids is 1. The van der Waals surface area contributed by atoms with Crippen LogP contribution in [0.25, 0.3) is 0 Å². The summed E-state index contributed by atoms with van der Waals surface area (Å²) in [7, 11) is 0. The third-order valence-electron chi connectivity index (χ3n) is 3.24. The molecule has 0 spiro atoms. The Morgan fingerprint density at radius 3 is 2.94 bits per heavy atom. The molecule has 3 nitrogen and oxygen atoms in total. The molecular weight excluding hydrogens is 212 g/mol. The second-order valence-corrected chi connectivity index (χ2v) is 4.32. The van der Waals surface area contributed by atoms with Crippen LogP contribution in [-0.4, -0.2) is 15.8 Å². The van der Waals surface area contributed by atoms with E-state index in [0.717, 1.165) is 6.42 Å². The highest BCUT2D eigenvalue weighted by Gasteiger charge is 2.28. The van der Waals surface area contributed by atoms with Crippen LogP contribution in [0.4, 0.5) is 0 Å². The van der Waals surface area contributed by atoms with Crippen LogP contribution >= 0.6 is 0 Å². The van der Waals surface area contributed by atoms with Gasteiger partial charge in [0.25, 0.3) is 0 Å². The van der Waals surface area contributed by atoms with E-state index in [0.29, 0.717) is 18.0 Å². The number of benzene rings is 1. The number of carbonyl (C=O) groups is 1. The van der Waals surface area contributed by atoms with E-state index in [-0.39, 0.29) is 5.78 Å². The van der Waals surface area contributed by atoms with Crippen molar-refractivity contribution in [3.05, 3.63) is 59.7 Å². The zero-order valence-corrected chi connectivity index (χ0v) is 9.34. The Morgan fingerprint density at radius 1 is 1.29 bits per heavy atom. The van der Waals surface area contributed by atoms with Crippen LogP contribution < -0.4 is 0 Å². The maximum absolute atomic E-state index is 12.0. The summed E-state index contributed by atoms with van der Waals surface area (Å²) in [5.41, 5.74) is 3.14. The first-order valence-corrected chi connectivity index (χ1v) is 5.71. The SMILES string of the molecule is O=C(CC1Cc2ccccc21)c1cnccn1. The molecule has 0 saturated heterocycles. The zero-order chi connectivity index (χ0) is 11.7. The smallest absolute Gasteiger partial charge is 0.183 e. The second kappa shape index (κ2) is 4.09. The van der Waals surface area contributed by atoms with Crippen molar-refractivity contribution < 1.29 is 4.79 Å². The van der Waals surface area contributed by atoms with Crippen LogP contribution in [0, 0.1) is 0 Å². The molecule has 1 aromatic heterocycles. The molecule has 0 saturated carbocycles. The van der Waals surface area contributed by atoms with E-state index in [1.54, 1.807) is 12.4 Å². The fourth-order valence-electron chi connectivity index (χ4n) is 2.32. The van der Waals surface area contributed by atoms with Crippen LogP contribution in [0.1, 0.15) is 34.0 Å². The average molecular weight is 224 g/mol. The van der Waals surface area contributed by atoms with Crippen molar-refractivity contribution in [3.8, 4) is 0 Å². The fraction of sp³-hybridized carbons (Fsp3) is 0.214. The molecule has 0 amide bonds. The summed E-state index contributed by atoms with van der Waals surface area (Å²) in [6.45, 7) is 0. The molecule has 2 aromatic rings. The lowest BCUT2D eigenvalue weighted by atomic mass is 9.75. The van der Waals surface area contributed by atoms with Gasteiger partial charge in [0, 0.05) is 18.8 Å². The molecule has 84 valence electrons. The Bertz CT molecular complexity index is 551. The molecule has 1 aromatic carbocycles. The van der Waals surface area contributed by atoms with Crippen molar-refractivity contribution >= 4 is 5.78 Å². The van der Waals surface area contributed by atoms with Crippen molar-refractivity contribution in [2.24, 2.45) is 0 Å². The van der Waals surface area contributed by atoms with Gasteiger partial charge in [0.15, 0.2) is 5.78 Å². The van der Waals surface area contributed by atoms with E-state index in [9.17, 15) is 4.79 Å². The van der Waals surface area contributed by atoms with Gasteiger partial charge in [0.05, 0.1) is 6.20 Å². The summed E-state index contributed by atoms with van der Waals surface area (Å²) >= 11 is 0. The largest absolute Gasteiger partial charge is 0.292 e. The first-order valence-electron chi connectivity index (χ1n) is 5.71. The van der Waals surface area contributed by atoms with Crippen molar-refractivity contribution in [1.29, 1.82) is 0 Å². The van der Waals surface area contributed by atoms with Crippen LogP contribution in [-0.2, 0) is 6.42 Å². The molecule has 0 fully saturated rings. The van der Waals surface area contributed by atoms with Gasteiger partial charge in [-0.15, -0.1) is 0 Å². The quantitative estimate of drug-likeness (QED) is 0.752. The summed E-state index contributed by atoms with van der Waals surface area (Å²) in [4.78, 5) is 19.9. The van der Waals surface area contributed by atoms with Gasteiger partial charge in [-0.1, -0.05) is 24.3 Å². The highest BCUT2D eigenvalue weighted by molar-refractivity contribution is 5.94. The van der Waals surface area contributed by atoms with Crippen LogP contribution in [0.5, 0.6) is 0 Å². The molecule has 1 heterocycles. The maximum atomic E-state index is 12.0. The van der Waals surface area contributed by atoms with Crippen LogP contribution in [0.15, 0.2) is 42.9 Å². The minimum absolute atomic E-state index is 0.0811. The number of ketones is 1. The Hall–Kier alpha value is -2.03. The van der Waals surface area contributed by atoms with Crippen molar-refractivity contribution in [2.75, 3.05) is 0 Å². The molecule has 17 heavy (non-hydrogen) atoms. The lowest BCUT2D eigenvalue weighted by molar-refractivity contribution is 0.0965. The molecule has 0 radical (unpaired) electrons. The highest BCUT2D eigenvalue weighted by Crippen LogP contribution is 2.37. The van der Waals surface area contributed by atoms with Crippen LogP contribution in [0.2, 0.25) is 0 Å². The first kappa shape index (κ1) is 10.1. The Labute approximate surface area is 99.5 Å². The normalized spacial score (nSPS) is 17.1. The van der Waals surface area contributed by atoms with Gasteiger partial charge in [-0.2, -0.15) is 0 Å². The van der Waals surface area contributed by atoms with Gasteiger partial charge in [0.1, 0.15) is 5.69 Å². The Kier molecular flexibility index (Phi) is 2.44. The summed E-state index contributed by atoms with van der Waals surface area (Å²) in [6, 6.07) is 8.30. The standard InChI is InChI=1S/C14H12N2O/c17-14(13-9-15-5-6-16-13)8-11-7-10-3-1-2-4-12(10)11/h1-6,9,11H,7-8H2. The van der Waals surface area contributed by atoms with Gasteiger partial charge < -0.3 is 0 Å². The molecule has 1 aliphatic carbocycles. The number of Topliss-reactive ketones (excluding diaryl/α,β-unsaturated/α-hetero) is 1. The minimum Gasteiger partial charge on any atom is -0.292 e. The van der Waals surface area contributed by atoms with Gasteiger partial charge >= 0.3 is 0 Å². The summed E-state index contributed by atoms with van der Waals surface area (Å²) in [5.74, 6) is 0.443. The number of fused-ring (bicyclic) bond motifs is 1. The number of aromatic nitrogens is 2. The van der Waals surface area contributed by atoms with Crippen molar-refractivity contribution in [1.82, 2.24) is 9.97 Å². The molecular formula is C14H12N2O. The van der Waals surface area contributed by atoms with E-state index >= 15 is 0 Å². The van der Waals surface area contributed by atoms with E-state index in [1.807, 2.05) is 12.1 Å². The first-order chi connectivity index (χ1) is 8.34. The fourth-order valence-corrected chi connectivity index (χ4v) is 2.32. The van der Waals surface area contributed by atoms with Crippen LogP contribution in [0.3, 0.4) is 0 Å². The molecule has 0 N–H and O–H groups in total. The Balaban J connectivity index is 1.73. The second-order valence-electron chi connectivity index (χ2n) is 4.32. The molecule has 3 heteroatoms. The molecule has 1 unspecified atom stereocenters. The van der Waals surface area contributed by atoms with Crippen molar-refractivity contribution in [3.63, 3.8) is 0 Å². The maximum Gasteiger partial charge on any atom is 0.183 e. The minimum atomic E-state index is 0.0811. The van der Waals surface area contributed by atoms with Gasteiger partial charge in [-0.05, 0) is 23.5 Å². The topological polar surface area (TPSA) is 42.9 Å². The van der Waals surface area contributed by atoms with E-state index in [1.165, 1.54) is 17.3 Å². The molecule has 0 aliphatic heterocycles. The predicted octanol–water partition coefficient (Wildman–Crippen LogP) is 2.39. The number of hydrogen-bond acceptors (Lipinski definition) is 3. The Morgan fingerprint density at radius 2 is 2.18 bits per heavy atom. The number of hydrogen-bond donors (Lipinski definition) is 0. The lowest BCUT2D eigenvalue weighted by Gasteiger charge is -2.29. The van der Waals surface area contributed by atoms with Gasteiger partial charge in [-0.3, -0.25) is 9.78 Å². The van der Waals surface area contributed by atoms with E-state index in [2.05, 4.69) is 22.1 Å². The predicted molar refractivity (Wildman–Crippen MR) is 63.9 cm³/mol. The lowest BCUT2D eigenvalue weighted by Crippen LogP contribution is -2.20. The summed E-state index contributed by atoms with van der Waals surface area (Å²) < 4.78 is 0. The van der Waals surface area contributed by atoms with E-state index in [4.69, 9.17) is 0 Å². The zero-order valence-electron chi connectivity index (χ0n) is 9.34.